The Kier molecular flexibility index (Phi) is 5.68. The standard InChI is InChI=1S/C20H20BrN5OS/c21-16-11-5-4-10-15(16)18-23-24-20(26(18)22)28-17(14-8-2-1-3-9-14)19(27)25-12-6-7-13-25/h1-5,8-11,17H,6-7,12-13,22H2/t17-/m1/s1. The first-order valence-electron chi connectivity index (χ1n) is 9.11. The maximum atomic E-state index is 13.2. The van der Waals surface area contributed by atoms with Gasteiger partial charge in [0.15, 0.2) is 5.82 Å². The second-order valence-electron chi connectivity index (χ2n) is 6.60. The van der Waals surface area contributed by atoms with Crippen LogP contribution in [0.25, 0.3) is 11.4 Å². The van der Waals surface area contributed by atoms with Crippen molar-refractivity contribution in [1.82, 2.24) is 19.8 Å². The average Bonchev–Trinajstić information content (AvgIpc) is 3.37. The molecule has 1 amide bonds. The molecule has 8 heteroatoms. The van der Waals surface area contributed by atoms with E-state index >= 15 is 0 Å². The summed E-state index contributed by atoms with van der Waals surface area (Å²) in [5.74, 6) is 6.96. The molecule has 1 aromatic heterocycles. The number of thioether (sulfide) groups is 1. The molecule has 0 radical (unpaired) electrons. The van der Waals surface area contributed by atoms with Gasteiger partial charge in [-0.25, -0.2) is 4.68 Å². The van der Waals surface area contributed by atoms with E-state index in [0.717, 1.165) is 41.5 Å². The van der Waals surface area contributed by atoms with Crippen molar-refractivity contribution < 1.29 is 4.79 Å². The Hall–Kier alpha value is -2.32. The maximum Gasteiger partial charge on any atom is 0.240 e. The van der Waals surface area contributed by atoms with Gasteiger partial charge in [0.05, 0.1) is 0 Å². The number of nitrogens with two attached hydrogens (primary N) is 1. The number of likely N-dealkylation sites (tertiary alicyclic amines) is 1. The number of benzene rings is 2. The molecule has 0 unspecified atom stereocenters. The third kappa shape index (κ3) is 3.79. The Morgan fingerprint density at radius 3 is 2.43 bits per heavy atom. The van der Waals surface area contributed by atoms with Gasteiger partial charge in [-0.1, -0.05) is 70.2 Å². The largest absolute Gasteiger partial charge is 0.341 e. The molecule has 1 atom stereocenters. The van der Waals surface area contributed by atoms with Crippen LogP contribution in [-0.2, 0) is 4.79 Å². The van der Waals surface area contributed by atoms with Gasteiger partial charge in [0.25, 0.3) is 0 Å². The van der Waals surface area contributed by atoms with Crippen molar-refractivity contribution in [1.29, 1.82) is 0 Å². The summed E-state index contributed by atoms with van der Waals surface area (Å²) in [7, 11) is 0. The Bertz CT molecular complexity index is 972. The molecule has 144 valence electrons. The Morgan fingerprint density at radius 2 is 1.71 bits per heavy atom. The first kappa shape index (κ1) is 19.0. The fourth-order valence-electron chi connectivity index (χ4n) is 3.28. The van der Waals surface area contributed by atoms with Crippen LogP contribution < -0.4 is 5.84 Å². The van der Waals surface area contributed by atoms with Crippen LogP contribution >= 0.6 is 27.7 Å². The molecule has 4 rings (SSSR count). The van der Waals surface area contributed by atoms with Crippen molar-refractivity contribution in [2.45, 2.75) is 23.2 Å². The van der Waals surface area contributed by atoms with E-state index in [4.69, 9.17) is 5.84 Å². The SMILES string of the molecule is Nn1c(S[C@@H](C(=O)N2CCCC2)c2ccccc2)nnc1-c1ccccc1Br. The van der Waals surface area contributed by atoms with Crippen LogP contribution in [0.1, 0.15) is 23.7 Å². The zero-order chi connectivity index (χ0) is 19.5. The van der Waals surface area contributed by atoms with Crippen LogP contribution in [0.2, 0.25) is 0 Å². The highest BCUT2D eigenvalue weighted by Crippen LogP contribution is 2.37. The van der Waals surface area contributed by atoms with Crippen LogP contribution in [0, 0.1) is 0 Å². The summed E-state index contributed by atoms with van der Waals surface area (Å²) in [6.45, 7) is 1.61. The van der Waals surface area contributed by atoms with Gasteiger partial charge in [-0.2, -0.15) is 0 Å². The minimum Gasteiger partial charge on any atom is -0.341 e. The van der Waals surface area contributed by atoms with Crippen LogP contribution in [-0.4, -0.2) is 38.8 Å². The molecule has 0 bridgehead atoms. The van der Waals surface area contributed by atoms with E-state index in [0.29, 0.717) is 11.0 Å². The lowest BCUT2D eigenvalue weighted by Gasteiger charge is -2.22. The highest BCUT2D eigenvalue weighted by Gasteiger charge is 2.30. The Morgan fingerprint density at radius 1 is 1.04 bits per heavy atom. The lowest BCUT2D eigenvalue weighted by molar-refractivity contribution is -0.129. The molecule has 0 aliphatic carbocycles. The minimum absolute atomic E-state index is 0.0964. The molecule has 2 heterocycles. The van der Waals surface area contributed by atoms with Gasteiger partial charge in [-0.3, -0.25) is 4.79 Å². The van der Waals surface area contributed by atoms with Gasteiger partial charge in [-0.15, -0.1) is 10.2 Å². The molecule has 28 heavy (non-hydrogen) atoms. The quantitative estimate of drug-likeness (QED) is 0.464. The topological polar surface area (TPSA) is 77.0 Å². The van der Waals surface area contributed by atoms with Crippen LogP contribution in [0.4, 0.5) is 0 Å². The zero-order valence-corrected chi connectivity index (χ0v) is 17.6. The number of aromatic nitrogens is 3. The van der Waals surface area contributed by atoms with Crippen LogP contribution in [0.3, 0.4) is 0 Å². The monoisotopic (exact) mass is 457 g/mol. The van der Waals surface area contributed by atoms with Crippen molar-refractivity contribution in [2.75, 3.05) is 18.9 Å². The Balaban J connectivity index is 1.66. The number of carbonyl (C=O) groups is 1. The highest BCUT2D eigenvalue weighted by atomic mass is 79.9. The van der Waals surface area contributed by atoms with Gasteiger partial charge in [-0.05, 0) is 30.5 Å². The van der Waals surface area contributed by atoms with E-state index in [1.165, 1.54) is 16.4 Å². The lowest BCUT2D eigenvalue weighted by Crippen LogP contribution is -2.31. The molecule has 1 aliphatic heterocycles. The van der Waals surface area contributed by atoms with Crippen molar-refractivity contribution in [3.05, 3.63) is 64.6 Å². The van der Waals surface area contributed by atoms with Crippen molar-refractivity contribution in [2.24, 2.45) is 0 Å². The maximum absolute atomic E-state index is 13.2. The number of hydrogen-bond acceptors (Lipinski definition) is 5. The Labute approximate surface area is 176 Å². The molecule has 2 aromatic carbocycles. The molecular formula is C20H20BrN5OS. The van der Waals surface area contributed by atoms with Crippen LogP contribution in [0.5, 0.6) is 0 Å². The third-order valence-corrected chi connectivity index (χ3v) is 6.64. The number of rotatable bonds is 5. The normalized spacial score (nSPS) is 15.0. The summed E-state index contributed by atoms with van der Waals surface area (Å²) in [5.41, 5.74) is 1.79. The lowest BCUT2D eigenvalue weighted by atomic mass is 10.1. The molecule has 3 aromatic rings. The van der Waals surface area contributed by atoms with E-state index in [9.17, 15) is 4.79 Å². The fourth-order valence-corrected chi connectivity index (χ4v) is 4.79. The molecular weight excluding hydrogens is 438 g/mol. The highest BCUT2D eigenvalue weighted by molar-refractivity contribution is 9.10. The molecule has 1 aliphatic rings. The van der Waals surface area contributed by atoms with E-state index in [1.807, 2.05) is 59.5 Å². The van der Waals surface area contributed by atoms with Gasteiger partial charge in [0.1, 0.15) is 5.25 Å². The molecule has 0 saturated carbocycles. The summed E-state index contributed by atoms with van der Waals surface area (Å²) in [6, 6.07) is 17.5. The number of nitrogens with zero attached hydrogens (tertiary/aromatic N) is 4. The third-order valence-electron chi connectivity index (χ3n) is 4.75. The van der Waals surface area contributed by atoms with E-state index in [-0.39, 0.29) is 5.91 Å². The molecule has 1 saturated heterocycles. The van der Waals surface area contributed by atoms with Gasteiger partial charge in [0.2, 0.25) is 11.1 Å². The van der Waals surface area contributed by atoms with Crippen molar-refractivity contribution in [3.63, 3.8) is 0 Å². The number of hydrogen-bond donors (Lipinski definition) is 1. The number of halogens is 1. The first-order valence-corrected chi connectivity index (χ1v) is 10.8. The van der Waals surface area contributed by atoms with E-state index < -0.39 is 5.25 Å². The summed E-state index contributed by atoms with van der Waals surface area (Å²) in [6.07, 6.45) is 2.11. The first-order chi connectivity index (χ1) is 13.6. The van der Waals surface area contributed by atoms with Crippen molar-refractivity contribution in [3.8, 4) is 11.4 Å². The number of amides is 1. The second-order valence-corrected chi connectivity index (χ2v) is 8.52. The average molecular weight is 458 g/mol. The summed E-state index contributed by atoms with van der Waals surface area (Å²) < 4.78 is 2.34. The molecule has 2 N–H and O–H groups in total. The molecule has 6 nitrogen and oxygen atoms in total. The van der Waals surface area contributed by atoms with Gasteiger partial charge in [0, 0.05) is 23.1 Å². The predicted molar refractivity (Wildman–Crippen MR) is 114 cm³/mol. The predicted octanol–water partition coefficient (Wildman–Crippen LogP) is 3.88. The zero-order valence-electron chi connectivity index (χ0n) is 15.2. The molecule has 0 spiro atoms. The summed E-state index contributed by atoms with van der Waals surface area (Å²) in [4.78, 5) is 15.1. The van der Waals surface area contributed by atoms with Gasteiger partial charge >= 0.3 is 0 Å². The number of nitrogen functional groups attached to an aromatic ring is 1. The summed E-state index contributed by atoms with van der Waals surface area (Å²) >= 11 is 4.87. The van der Waals surface area contributed by atoms with E-state index in [1.54, 1.807) is 0 Å². The summed E-state index contributed by atoms with van der Waals surface area (Å²) in [5, 5.41) is 8.63. The molecule has 1 fully saturated rings. The van der Waals surface area contributed by atoms with Gasteiger partial charge < -0.3 is 10.7 Å². The van der Waals surface area contributed by atoms with Crippen LogP contribution in [0.15, 0.2) is 64.2 Å². The fraction of sp³-hybridized carbons (Fsp3) is 0.250. The second kappa shape index (κ2) is 8.36. The minimum atomic E-state index is -0.405. The number of carbonyl (C=O) groups excluding carboxylic acids is 1. The van der Waals surface area contributed by atoms with Crippen molar-refractivity contribution >= 4 is 33.6 Å². The van der Waals surface area contributed by atoms with E-state index in [2.05, 4.69) is 26.1 Å². The smallest absolute Gasteiger partial charge is 0.240 e.